The predicted octanol–water partition coefficient (Wildman–Crippen LogP) is 3.82. The van der Waals surface area contributed by atoms with E-state index in [0.717, 1.165) is 0 Å². The van der Waals surface area contributed by atoms with Gasteiger partial charge in [-0.25, -0.2) is 17.6 Å². The first-order valence-corrected chi connectivity index (χ1v) is 11.1. The van der Waals surface area contributed by atoms with Gasteiger partial charge in [-0.05, 0) is 55.5 Å². The molecule has 2 aromatic carbocycles. The first kappa shape index (κ1) is 22.6. The van der Waals surface area contributed by atoms with Crippen LogP contribution in [-0.4, -0.2) is 42.0 Å². The number of hydrogen-bond acceptors (Lipinski definition) is 7. The summed E-state index contributed by atoms with van der Waals surface area (Å²) in [7, 11) is -3.61. The molecule has 0 fully saturated rings. The molecule has 1 heterocycles. The zero-order valence-corrected chi connectivity index (χ0v) is 18.1. The monoisotopic (exact) mass is 447 g/mol. The molecule has 1 aromatic heterocycles. The number of halogens is 1. The van der Waals surface area contributed by atoms with E-state index in [1.54, 1.807) is 20.8 Å². The highest BCUT2D eigenvalue weighted by Gasteiger charge is 2.23. The van der Waals surface area contributed by atoms with Crippen molar-refractivity contribution in [2.45, 2.75) is 31.8 Å². The van der Waals surface area contributed by atoms with Gasteiger partial charge in [0.2, 0.25) is 15.9 Å². The van der Waals surface area contributed by atoms with Crippen LogP contribution in [0.25, 0.3) is 11.5 Å². The van der Waals surface area contributed by atoms with Crippen LogP contribution in [-0.2, 0) is 14.8 Å². The van der Waals surface area contributed by atoms with Crippen LogP contribution in [0.5, 0.6) is 0 Å². The molecule has 0 bridgehead atoms. The SMILES string of the molecule is CCN(CC)S(=O)(=O)c1ccc(C(=O)O[C@H](C)c2nnc(-c3ccc(F)cc3)o2)cc1. The fourth-order valence-electron chi connectivity index (χ4n) is 2.86. The first-order valence-electron chi connectivity index (χ1n) is 9.66. The molecule has 0 amide bonds. The van der Waals surface area contributed by atoms with Gasteiger partial charge < -0.3 is 9.15 Å². The number of sulfonamides is 1. The standard InChI is InChI=1S/C21H22FN3O5S/c1-4-25(5-2)31(27,28)18-12-8-16(9-13-18)21(26)29-14(3)19-23-24-20(30-19)15-6-10-17(22)11-7-15/h6-14H,4-5H2,1-3H3/t14-/m1/s1. The lowest BCUT2D eigenvalue weighted by atomic mass is 10.2. The van der Waals surface area contributed by atoms with E-state index in [2.05, 4.69) is 10.2 Å². The summed E-state index contributed by atoms with van der Waals surface area (Å²) < 4.78 is 50.3. The topological polar surface area (TPSA) is 103 Å². The van der Waals surface area contributed by atoms with Gasteiger partial charge in [-0.3, -0.25) is 0 Å². The van der Waals surface area contributed by atoms with Crippen LogP contribution < -0.4 is 0 Å². The number of rotatable bonds is 8. The number of carbonyl (C=O) groups excluding carboxylic acids is 1. The molecular weight excluding hydrogens is 425 g/mol. The molecule has 164 valence electrons. The van der Waals surface area contributed by atoms with E-state index in [4.69, 9.17) is 9.15 Å². The molecule has 31 heavy (non-hydrogen) atoms. The second kappa shape index (κ2) is 9.36. The molecule has 0 saturated heterocycles. The maximum absolute atomic E-state index is 13.0. The summed E-state index contributed by atoms with van der Waals surface area (Å²) in [4.78, 5) is 12.5. The van der Waals surface area contributed by atoms with Crippen molar-refractivity contribution in [1.29, 1.82) is 0 Å². The highest BCUT2D eigenvalue weighted by Crippen LogP contribution is 2.24. The van der Waals surface area contributed by atoms with Crippen molar-refractivity contribution in [2.24, 2.45) is 0 Å². The van der Waals surface area contributed by atoms with Crippen molar-refractivity contribution in [3.8, 4) is 11.5 Å². The molecule has 0 aliphatic rings. The van der Waals surface area contributed by atoms with Crippen LogP contribution in [0.3, 0.4) is 0 Å². The molecule has 3 aromatic rings. The van der Waals surface area contributed by atoms with Gasteiger partial charge in [-0.15, -0.1) is 10.2 Å². The van der Waals surface area contributed by atoms with Crippen molar-refractivity contribution >= 4 is 16.0 Å². The number of carbonyl (C=O) groups is 1. The summed E-state index contributed by atoms with van der Waals surface area (Å²) in [5, 5.41) is 7.76. The molecule has 0 N–H and O–H groups in total. The summed E-state index contributed by atoms with van der Waals surface area (Å²) in [6, 6.07) is 11.1. The van der Waals surface area contributed by atoms with Gasteiger partial charge >= 0.3 is 5.97 Å². The maximum Gasteiger partial charge on any atom is 0.338 e. The fraction of sp³-hybridized carbons (Fsp3) is 0.286. The van der Waals surface area contributed by atoms with Gasteiger partial charge in [0.1, 0.15) is 5.82 Å². The molecule has 0 saturated carbocycles. The van der Waals surface area contributed by atoms with Crippen LogP contribution in [0.1, 0.15) is 43.1 Å². The molecule has 0 radical (unpaired) electrons. The minimum atomic E-state index is -3.61. The summed E-state index contributed by atoms with van der Waals surface area (Å²) in [5.41, 5.74) is 0.715. The summed E-state index contributed by atoms with van der Waals surface area (Å²) >= 11 is 0. The van der Waals surface area contributed by atoms with Gasteiger partial charge in [0.15, 0.2) is 6.10 Å². The van der Waals surface area contributed by atoms with E-state index in [9.17, 15) is 17.6 Å². The molecule has 0 aliphatic carbocycles. The van der Waals surface area contributed by atoms with Gasteiger partial charge in [0, 0.05) is 18.7 Å². The lowest BCUT2D eigenvalue weighted by Gasteiger charge is -2.18. The average Bonchev–Trinajstić information content (AvgIpc) is 3.25. The number of ether oxygens (including phenoxy) is 1. The lowest BCUT2D eigenvalue weighted by Crippen LogP contribution is -2.30. The van der Waals surface area contributed by atoms with Crippen molar-refractivity contribution in [3.05, 3.63) is 65.8 Å². The van der Waals surface area contributed by atoms with E-state index in [1.165, 1.54) is 52.8 Å². The molecule has 1 atom stereocenters. The predicted molar refractivity (Wildman–Crippen MR) is 110 cm³/mol. The third kappa shape index (κ3) is 4.97. The second-order valence-electron chi connectivity index (χ2n) is 6.61. The first-order chi connectivity index (χ1) is 14.8. The van der Waals surface area contributed by atoms with Gasteiger partial charge in [0.05, 0.1) is 10.5 Å². The van der Waals surface area contributed by atoms with Crippen molar-refractivity contribution in [1.82, 2.24) is 14.5 Å². The molecule has 0 aliphatic heterocycles. The van der Waals surface area contributed by atoms with Crippen LogP contribution in [0, 0.1) is 5.82 Å². The van der Waals surface area contributed by atoms with Crippen LogP contribution in [0.4, 0.5) is 4.39 Å². The zero-order chi connectivity index (χ0) is 22.6. The second-order valence-corrected chi connectivity index (χ2v) is 8.55. The van der Waals surface area contributed by atoms with E-state index in [-0.39, 0.29) is 28.1 Å². The van der Waals surface area contributed by atoms with Gasteiger partial charge in [-0.2, -0.15) is 4.31 Å². The third-order valence-corrected chi connectivity index (χ3v) is 6.66. The van der Waals surface area contributed by atoms with E-state index in [1.807, 2.05) is 0 Å². The Bertz CT molecular complexity index is 1140. The van der Waals surface area contributed by atoms with Gasteiger partial charge in [-0.1, -0.05) is 13.8 Å². The molecular formula is C21H22FN3O5S. The third-order valence-electron chi connectivity index (χ3n) is 4.60. The fourth-order valence-corrected chi connectivity index (χ4v) is 4.32. The summed E-state index contributed by atoms with van der Waals surface area (Å²) in [6.45, 7) is 5.79. The van der Waals surface area contributed by atoms with Crippen LogP contribution >= 0.6 is 0 Å². The van der Waals surface area contributed by atoms with Crippen LogP contribution in [0.15, 0.2) is 57.8 Å². The molecule has 8 nitrogen and oxygen atoms in total. The highest BCUT2D eigenvalue weighted by molar-refractivity contribution is 7.89. The summed E-state index contributed by atoms with van der Waals surface area (Å²) in [6.07, 6.45) is -0.840. The van der Waals surface area contributed by atoms with E-state index in [0.29, 0.717) is 18.7 Å². The maximum atomic E-state index is 13.0. The Morgan fingerprint density at radius 2 is 1.68 bits per heavy atom. The van der Waals surface area contributed by atoms with E-state index >= 15 is 0 Å². The van der Waals surface area contributed by atoms with Crippen molar-refractivity contribution in [3.63, 3.8) is 0 Å². The highest BCUT2D eigenvalue weighted by atomic mass is 32.2. The average molecular weight is 447 g/mol. The Labute approximate surface area is 179 Å². The van der Waals surface area contributed by atoms with Crippen molar-refractivity contribution in [2.75, 3.05) is 13.1 Å². The zero-order valence-electron chi connectivity index (χ0n) is 17.3. The summed E-state index contributed by atoms with van der Waals surface area (Å²) in [5.74, 6) is -0.806. The Kier molecular flexibility index (Phi) is 6.81. The quantitative estimate of drug-likeness (QED) is 0.484. The minimum absolute atomic E-state index is 0.0772. The number of esters is 1. The molecule has 0 spiro atoms. The van der Waals surface area contributed by atoms with Gasteiger partial charge in [0.25, 0.3) is 5.89 Å². The number of hydrogen-bond donors (Lipinski definition) is 0. The van der Waals surface area contributed by atoms with Crippen LogP contribution in [0.2, 0.25) is 0 Å². The van der Waals surface area contributed by atoms with E-state index < -0.39 is 22.1 Å². The normalized spacial score (nSPS) is 12.7. The molecule has 0 unspecified atom stereocenters. The minimum Gasteiger partial charge on any atom is -0.449 e. The smallest absolute Gasteiger partial charge is 0.338 e. The lowest BCUT2D eigenvalue weighted by molar-refractivity contribution is 0.0279. The largest absolute Gasteiger partial charge is 0.449 e. The Morgan fingerprint density at radius 1 is 1.06 bits per heavy atom. The number of benzene rings is 2. The molecule has 10 heteroatoms. The Morgan fingerprint density at radius 3 is 2.26 bits per heavy atom. The number of nitrogens with zero attached hydrogens (tertiary/aromatic N) is 3. The molecule has 3 rings (SSSR count). The Balaban J connectivity index is 1.69. The number of aromatic nitrogens is 2. The Hall–Kier alpha value is -3.11. The van der Waals surface area contributed by atoms with Crippen molar-refractivity contribution < 1.29 is 26.8 Å².